The minimum absolute atomic E-state index is 0.0397. The van der Waals surface area contributed by atoms with Gasteiger partial charge in [0, 0.05) is 49.4 Å². The van der Waals surface area contributed by atoms with E-state index in [0.29, 0.717) is 55.1 Å². The molecule has 0 radical (unpaired) electrons. The van der Waals surface area contributed by atoms with Crippen molar-refractivity contribution in [2.24, 2.45) is 5.92 Å². The van der Waals surface area contributed by atoms with E-state index in [1.165, 1.54) is 11.1 Å². The first kappa shape index (κ1) is 33.0. The highest BCUT2D eigenvalue weighted by atomic mass is 16.3. The van der Waals surface area contributed by atoms with Crippen molar-refractivity contribution in [1.82, 2.24) is 15.0 Å². The summed E-state index contributed by atoms with van der Waals surface area (Å²) in [4.78, 5) is 29.6. The summed E-state index contributed by atoms with van der Waals surface area (Å²) in [7, 11) is 0. The first-order valence-electron chi connectivity index (χ1n) is 16.1. The van der Waals surface area contributed by atoms with Crippen molar-refractivity contribution in [2.45, 2.75) is 71.4 Å². The van der Waals surface area contributed by atoms with Gasteiger partial charge in [0.05, 0.1) is 23.9 Å². The largest absolute Gasteiger partial charge is 0.395 e. The van der Waals surface area contributed by atoms with Crippen LogP contribution in [0.25, 0.3) is 0 Å². The van der Waals surface area contributed by atoms with Crippen LogP contribution in [0, 0.1) is 5.92 Å². The highest BCUT2D eigenvalue weighted by Gasteiger charge is 2.52. The van der Waals surface area contributed by atoms with E-state index in [1.54, 1.807) is 20.5 Å². The van der Waals surface area contributed by atoms with E-state index in [0.717, 1.165) is 18.4 Å². The van der Waals surface area contributed by atoms with E-state index < -0.39 is 11.5 Å². The van der Waals surface area contributed by atoms with Crippen LogP contribution in [0.5, 0.6) is 0 Å². The Labute approximate surface area is 271 Å². The van der Waals surface area contributed by atoms with E-state index in [4.69, 9.17) is 0 Å². The molecule has 1 aromatic heterocycles. The molecule has 1 unspecified atom stereocenters. The van der Waals surface area contributed by atoms with Crippen molar-refractivity contribution in [3.05, 3.63) is 107 Å². The molecular formula is C37H45N5O4. The summed E-state index contributed by atoms with van der Waals surface area (Å²) in [5.74, 6) is -1.10. The molecule has 46 heavy (non-hydrogen) atoms. The van der Waals surface area contributed by atoms with E-state index in [-0.39, 0.29) is 24.3 Å². The van der Waals surface area contributed by atoms with Crippen LogP contribution in [0.15, 0.2) is 90.2 Å². The SMILES string of the molecule is CC(C)=CCC/C(C)=C/CN1C(=O)[C@](O)([C@H](C)/C=C/CCn2cc(C(CO)c3ccccc3)nn2)c2cc(N3CCC3=O)ccc21. The highest BCUT2D eigenvalue weighted by Crippen LogP contribution is 2.47. The molecule has 2 aliphatic heterocycles. The maximum absolute atomic E-state index is 14.0. The standard InChI is InChI=1S/C37H45N5O4/c1-26(2)11-10-12-27(3)18-21-42-34-17-16-30(41-22-19-35(41)44)23-32(34)37(46,36(42)45)28(4)13-8-9-20-40-24-33(38-39-40)31(25-43)29-14-6-5-7-15-29/h5-8,11,13-18,23-24,28,31,43,46H,9-10,12,19-22,25H2,1-4H3/b13-8+,27-18+/t28-,31?,37+/m1/s1. The topological polar surface area (TPSA) is 112 Å². The Morgan fingerprint density at radius 2 is 1.85 bits per heavy atom. The zero-order chi connectivity index (χ0) is 32.8. The van der Waals surface area contributed by atoms with Gasteiger partial charge in [-0.2, -0.15) is 0 Å². The van der Waals surface area contributed by atoms with Crippen molar-refractivity contribution in [1.29, 1.82) is 0 Å². The van der Waals surface area contributed by atoms with E-state index in [2.05, 4.69) is 43.2 Å². The van der Waals surface area contributed by atoms with Gasteiger partial charge in [0.25, 0.3) is 5.91 Å². The summed E-state index contributed by atoms with van der Waals surface area (Å²) in [6.45, 7) is 9.57. The molecule has 0 bridgehead atoms. The van der Waals surface area contributed by atoms with Crippen molar-refractivity contribution in [2.75, 3.05) is 29.5 Å². The highest BCUT2D eigenvalue weighted by molar-refractivity contribution is 6.08. The molecule has 0 spiro atoms. The molecule has 1 fully saturated rings. The molecule has 5 rings (SSSR count). The van der Waals surface area contributed by atoms with Gasteiger partial charge in [-0.05, 0) is 63.8 Å². The number of anilines is 2. The molecular weight excluding hydrogens is 578 g/mol. The molecule has 2 N–H and O–H groups in total. The number of aliphatic hydroxyl groups excluding tert-OH is 1. The van der Waals surface area contributed by atoms with Gasteiger partial charge in [0.15, 0.2) is 5.60 Å². The van der Waals surface area contributed by atoms with Gasteiger partial charge in [-0.15, -0.1) is 5.10 Å². The molecule has 0 aliphatic carbocycles. The summed E-state index contributed by atoms with van der Waals surface area (Å²) in [6, 6.07) is 15.3. The molecule has 2 amide bonds. The molecule has 2 aromatic carbocycles. The summed E-state index contributed by atoms with van der Waals surface area (Å²) in [5, 5.41) is 30.7. The number of rotatable bonds is 14. The third-order valence-corrected chi connectivity index (χ3v) is 9.03. The number of benzene rings is 2. The lowest BCUT2D eigenvalue weighted by Crippen LogP contribution is -2.45. The van der Waals surface area contributed by atoms with E-state index in [9.17, 15) is 19.8 Å². The molecule has 0 saturated carbocycles. The minimum Gasteiger partial charge on any atom is -0.395 e. The first-order valence-corrected chi connectivity index (χ1v) is 16.1. The van der Waals surface area contributed by atoms with Gasteiger partial charge in [0.1, 0.15) is 0 Å². The number of aryl methyl sites for hydroxylation is 1. The summed E-state index contributed by atoms with van der Waals surface area (Å²) in [6.07, 6.45) is 12.9. The first-order chi connectivity index (χ1) is 22.1. The van der Waals surface area contributed by atoms with Crippen LogP contribution < -0.4 is 9.80 Å². The van der Waals surface area contributed by atoms with Crippen LogP contribution in [-0.2, 0) is 21.7 Å². The van der Waals surface area contributed by atoms with Crippen LogP contribution in [0.3, 0.4) is 0 Å². The molecule has 3 atom stereocenters. The minimum atomic E-state index is -1.77. The van der Waals surface area contributed by atoms with Gasteiger partial charge in [-0.25, -0.2) is 0 Å². The molecule has 2 aliphatic rings. The summed E-state index contributed by atoms with van der Waals surface area (Å²) < 4.78 is 1.74. The average molecular weight is 624 g/mol. The summed E-state index contributed by atoms with van der Waals surface area (Å²) in [5.41, 5.74) is 4.27. The van der Waals surface area contributed by atoms with Crippen LogP contribution >= 0.6 is 0 Å². The Balaban J connectivity index is 1.31. The number of hydrogen-bond acceptors (Lipinski definition) is 6. The molecule has 9 nitrogen and oxygen atoms in total. The number of amides is 2. The lowest BCUT2D eigenvalue weighted by atomic mass is 9.82. The van der Waals surface area contributed by atoms with Crippen LogP contribution in [0.2, 0.25) is 0 Å². The maximum atomic E-state index is 14.0. The number of aliphatic hydroxyl groups is 2. The summed E-state index contributed by atoms with van der Waals surface area (Å²) >= 11 is 0. The Bertz CT molecular complexity index is 1640. The van der Waals surface area contributed by atoms with Crippen LogP contribution in [0.1, 0.15) is 76.1 Å². The number of nitrogens with zero attached hydrogens (tertiary/aromatic N) is 5. The van der Waals surface area contributed by atoms with Crippen molar-refractivity contribution < 1.29 is 19.8 Å². The number of carbonyl (C=O) groups is 2. The van der Waals surface area contributed by atoms with E-state index in [1.807, 2.05) is 67.7 Å². The number of fused-ring (bicyclic) bond motifs is 1. The van der Waals surface area contributed by atoms with Gasteiger partial charge >= 0.3 is 0 Å². The number of carbonyl (C=O) groups excluding carboxylic acids is 2. The zero-order valence-corrected chi connectivity index (χ0v) is 27.3. The van der Waals surface area contributed by atoms with Gasteiger partial charge in [0.2, 0.25) is 5.91 Å². The molecule has 3 heterocycles. The van der Waals surface area contributed by atoms with Crippen molar-refractivity contribution >= 4 is 23.2 Å². The van der Waals surface area contributed by atoms with Crippen molar-refractivity contribution in [3.8, 4) is 0 Å². The average Bonchev–Trinajstić information content (AvgIpc) is 3.59. The fourth-order valence-electron chi connectivity index (χ4n) is 6.09. The fraction of sp³-hybridized carbons (Fsp3) is 0.405. The van der Waals surface area contributed by atoms with Gasteiger partial charge in [-0.3, -0.25) is 14.3 Å². The molecule has 9 heteroatoms. The second kappa shape index (κ2) is 14.4. The van der Waals surface area contributed by atoms with Crippen LogP contribution in [-0.4, -0.2) is 56.7 Å². The Morgan fingerprint density at radius 1 is 1.07 bits per heavy atom. The van der Waals surface area contributed by atoms with Crippen LogP contribution in [0.4, 0.5) is 11.4 Å². The Hall–Kier alpha value is -4.34. The second-order valence-electron chi connectivity index (χ2n) is 12.6. The Kier molecular flexibility index (Phi) is 10.3. The predicted octanol–water partition coefficient (Wildman–Crippen LogP) is 5.65. The second-order valence-corrected chi connectivity index (χ2v) is 12.6. The Morgan fingerprint density at radius 3 is 2.52 bits per heavy atom. The fourth-order valence-corrected chi connectivity index (χ4v) is 6.09. The number of allylic oxidation sites excluding steroid dienone is 4. The lowest BCUT2D eigenvalue weighted by molar-refractivity contribution is -0.139. The molecule has 242 valence electrons. The van der Waals surface area contributed by atoms with Gasteiger partial charge < -0.3 is 20.0 Å². The quantitative estimate of drug-likeness (QED) is 0.177. The smallest absolute Gasteiger partial charge is 0.264 e. The lowest BCUT2D eigenvalue weighted by Gasteiger charge is -2.32. The third kappa shape index (κ3) is 6.90. The van der Waals surface area contributed by atoms with E-state index >= 15 is 0 Å². The molecule has 3 aromatic rings. The predicted molar refractivity (Wildman–Crippen MR) is 180 cm³/mol. The third-order valence-electron chi connectivity index (χ3n) is 9.03. The van der Waals surface area contributed by atoms with Crippen molar-refractivity contribution in [3.63, 3.8) is 0 Å². The monoisotopic (exact) mass is 623 g/mol. The normalized spacial score (nSPS) is 19.4. The zero-order valence-electron chi connectivity index (χ0n) is 27.3. The number of aromatic nitrogens is 3. The number of hydrogen-bond donors (Lipinski definition) is 2. The maximum Gasteiger partial charge on any atom is 0.264 e. The van der Waals surface area contributed by atoms with Gasteiger partial charge in [-0.1, -0.05) is 77.9 Å². The molecule has 1 saturated heterocycles. The number of β-lactam (4-membered cyclic amide) rings is 1.